The summed E-state index contributed by atoms with van der Waals surface area (Å²) in [5, 5.41) is 11.9. The number of hydrogen-bond donors (Lipinski definition) is 1. The van der Waals surface area contributed by atoms with E-state index in [9.17, 15) is 4.79 Å². The Morgan fingerprint density at radius 3 is 2.56 bits per heavy atom. The molecule has 0 saturated heterocycles. The molecule has 3 heteroatoms. The van der Waals surface area contributed by atoms with Gasteiger partial charge in [-0.15, -0.1) is 0 Å². The van der Waals surface area contributed by atoms with Crippen LogP contribution in [0.2, 0.25) is 0 Å². The van der Waals surface area contributed by atoms with Gasteiger partial charge in [0.1, 0.15) is 5.41 Å². The number of carbonyl (C=O) groups is 1. The number of amides is 1. The third-order valence-electron chi connectivity index (χ3n) is 3.87. The van der Waals surface area contributed by atoms with E-state index in [1.54, 1.807) is 13.8 Å². The summed E-state index contributed by atoms with van der Waals surface area (Å²) in [5.41, 5.74) is -0.916. The highest BCUT2D eigenvalue weighted by molar-refractivity contribution is 5.84. The van der Waals surface area contributed by atoms with Crippen LogP contribution in [0.4, 0.5) is 0 Å². The molecule has 0 aliphatic heterocycles. The Hall–Kier alpha value is -1.04. The number of nitrogens with one attached hydrogen (secondary N) is 1. The van der Waals surface area contributed by atoms with E-state index in [4.69, 9.17) is 5.26 Å². The number of rotatable bonds is 2. The summed E-state index contributed by atoms with van der Waals surface area (Å²) in [4.78, 5) is 11.9. The Labute approximate surface area is 98.2 Å². The van der Waals surface area contributed by atoms with Gasteiger partial charge in [-0.2, -0.15) is 5.26 Å². The number of nitriles is 1. The van der Waals surface area contributed by atoms with Crippen LogP contribution in [0.25, 0.3) is 0 Å². The molecule has 1 aliphatic carbocycles. The topological polar surface area (TPSA) is 52.9 Å². The van der Waals surface area contributed by atoms with Crippen LogP contribution in [0.15, 0.2) is 0 Å². The number of hydrogen-bond acceptors (Lipinski definition) is 2. The Morgan fingerprint density at radius 1 is 1.38 bits per heavy atom. The zero-order chi connectivity index (χ0) is 12.3. The van der Waals surface area contributed by atoms with Crippen molar-refractivity contribution in [3.05, 3.63) is 0 Å². The highest BCUT2D eigenvalue weighted by atomic mass is 16.2. The minimum Gasteiger partial charge on any atom is -0.352 e. The number of carbonyl (C=O) groups excluding carboxylic acids is 1. The molecule has 1 aliphatic rings. The van der Waals surface area contributed by atoms with Gasteiger partial charge in [-0.05, 0) is 32.1 Å². The monoisotopic (exact) mass is 222 g/mol. The van der Waals surface area contributed by atoms with E-state index in [2.05, 4.69) is 19.2 Å². The molecule has 1 rings (SSSR count). The Kier molecular flexibility index (Phi) is 3.96. The molecule has 1 N–H and O–H groups in total. The maximum absolute atomic E-state index is 11.9. The van der Waals surface area contributed by atoms with Crippen molar-refractivity contribution in [1.82, 2.24) is 5.32 Å². The highest BCUT2D eigenvalue weighted by Gasteiger charge is 2.33. The van der Waals surface area contributed by atoms with Crippen molar-refractivity contribution < 1.29 is 4.79 Å². The molecule has 0 heterocycles. The first kappa shape index (κ1) is 13.0. The van der Waals surface area contributed by atoms with Gasteiger partial charge in [-0.25, -0.2) is 0 Å². The van der Waals surface area contributed by atoms with E-state index in [1.165, 1.54) is 12.8 Å². The van der Waals surface area contributed by atoms with Crippen molar-refractivity contribution >= 4 is 5.91 Å². The molecule has 0 aromatic carbocycles. The van der Waals surface area contributed by atoms with E-state index in [-0.39, 0.29) is 11.9 Å². The fourth-order valence-corrected chi connectivity index (χ4v) is 2.19. The van der Waals surface area contributed by atoms with Crippen molar-refractivity contribution in [2.45, 2.75) is 53.0 Å². The van der Waals surface area contributed by atoms with Crippen LogP contribution in [-0.4, -0.2) is 11.9 Å². The lowest BCUT2D eigenvalue weighted by atomic mass is 9.77. The van der Waals surface area contributed by atoms with E-state index in [0.29, 0.717) is 11.8 Å². The summed E-state index contributed by atoms with van der Waals surface area (Å²) in [6, 6.07) is 2.28. The van der Waals surface area contributed by atoms with Crippen LogP contribution in [0, 0.1) is 28.6 Å². The quantitative estimate of drug-likeness (QED) is 0.780. The van der Waals surface area contributed by atoms with Gasteiger partial charge in [0.15, 0.2) is 0 Å². The minimum atomic E-state index is -0.916. The molecule has 1 fully saturated rings. The van der Waals surface area contributed by atoms with Crippen molar-refractivity contribution in [2.24, 2.45) is 17.3 Å². The third kappa shape index (κ3) is 2.75. The van der Waals surface area contributed by atoms with Crippen molar-refractivity contribution in [2.75, 3.05) is 0 Å². The number of nitrogens with zero attached hydrogens (tertiary/aromatic N) is 1. The first-order chi connectivity index (χ1) is 7.38. The average molecular weight is 222 g/mol. The van der Waals surface area contributed by atoms with Gasteiger partial charge in [0.05, 0.1) is 6.07 Å². The lowest BCUT2D eigenvalue weighted by Crippen LogP contribution is -2.48. The summed E-state index contributed by atoms with van der Waals surface area (Å²) in [7, 11) is 0. The van der Waals surface area contributed by atoms with Crippen LogP contribution in [0.3, 0.4) is 0 Å². The molecule has 0 radical (unpaired) electrons. The molecule has 16 heavy (non-hydrogen) atoms. The van der Waals surface area contributed by atoms with Gasteiger partial charge in [0, 0.05) is 6.04 Å². The molecule has 0 spiro atoms. The third-order valence-corrected chi connectivity index (χ3v) is 3.87. The van der Waals surface area contributed by atoms with Crippen LogP contribution in [0.5, 0.6) is 0 Å². The summed E-state index contributed by atoms with van der Waals surface area (Å²) in [6.45, 7) is 7.76. The molecule has 0 aromatic heterocycles. The predicted molar refractivity (Wildman–Crippen MR) is 63.5 cm³/mol. The van der Waals surface area contributed by atoms with E-state index in [1.807, 2.05) is 6.07 Å². The van der Waals surface area contributed by atoms with E-state index in [0.717, 1.165) is 6.42 Å². The molecule has 1 saturated carbocycles. The summed E-state index contributed by atoms with van der Waals surface area (Å²) in [5.74, 6) is 1.03. The molecule has 3 atom stereocenters. The second kappa shape index (κ2) is 4.86. The fourth-order valence-electron chi connectivity index (χ4n) is 2.19. The molecule has 1 amide bonds. The maximum Gasteiger partial charge on any atom is 0.240 e. The van der Waals surface area contributed by atoms with Gasteiger partial charge >= 0.3 is 0 Å². The first-order valence-electron chi connectivity index (χ1n) is 6.10. The van der Waals surface area contributed by atoms with Crippen LogP contribution < -0.4 is 5.32 Å². The van der Waals surface area contributed by atoms with Crippen molar-refractivity contribution in [3.8, 4) is 6.07 Å². The fraction of sp³-hybridized carbons (Fsp3) is 0.846. The summed E-state index contributed by atoms with van der Waals surface area (Å²) < 4.78 is 0. The van der Waals surface area contributed by atoms with Gasteiger partial charge < -0.3 is 5.32 Å². The molecule has 3 unspecified atom stereocenters. The molecular formula is C13H22N2O. The Balaban J connectivity index is 2.61. The molecular weight excluding hydrogens is 200 g/mol. The van der Waals surface area contributed by atoms with Crippen LogP contribution >= 0.6 is 0 Å². The standard InChI is InChI=1S/C13H22N2O/c1-9-6-5-7-11(10(9)2)15-12(16)13(3,4)8-14/h9-11H,5-7H2,1-4H3,(H,15,16). The van der Waals surface area contributed by atoms with Crippen molar-refractivity contribution in [1.29, 1.82) is 5.26 Å². The predicted octanol–water partition coefficient (Wildman–Crippen LogP) is 2.48. The second-order valence-corrected chi connectivity index (χ2v) is 5.58. The smallest absolute Gasteiger partial charge is 0.240 e. The maximum atomic E-state index is 11.9. The zero-order valence-electron chi connectivity index (χ0n) is 10.7. The summed E-state index contributed by atoms with van der Waals surface area (Å²) >= 11 is 0. The molecule has 0 aromatic rings. The van der Waals surface area contributed by atoms with Gasteiger partial charge in [0.25, 0.3) is 0 Å². The Morgan fingerprint density at radius 2 is 2.00 bits per heavy atom. The SMILES string of the molecule is CC1CCCC(NC(=O)C(C)(C)C#N)C1C. The summed E-state index contributed by atoms with van der Waals surface area (Å²) in [6.07, 6.45) is 3.46. The van der Waals surface area contributed by atoms with Crippen LogP contribution in [-0.2, 0) is 4.79 Å². The second-order valence-electron chi connectivity index (χ2n) is 5.58. The van der Waals surface area contributed by atoms with E-state index < -0.39 is 5.41 Å². The van der Waals surface area contributed by atoms with Crippen LogP contribution in [0.1, 0.15) is 47.0 Å². The Bertz CT molecular complexity index is 304. The van der Waals surface area contributed by atoms with E-state index >= 15 is 0 Å². The zero-order valence-corrected chi connectivity index (χ0v) is 10.7. The largest absolute Gasteiger partial charge is 0.352 e. The highest BCUT2D eigenvalue weighted by Crippen LogP contribution is 2.30. The van der Waals surface area contributed by atoms with Crippen molar-refractivity contribution in [3.63, 3.8) is 0 Å². The van der Waals surface area contributed by atoms with Gasteiger partial charge in [-0.3, -0.25) is 4.79 Å². The van der Waals surface area contributed by atoms with Gasteiger partial charge in [-0.1, -0.05) is 26.7 Å². The molecule has 90 valence electrons. The lowest BCUT2D eigenvalue weighted by Gasteiger charge is -2.35. The molecule has 0 bridgehead atoms. The minimum absolute atomic E-state index is 0.138. The lowest BCUT2D eigenvalue weighted by molar-refractivity contribution is -0.128. The average Bonchev–Trinajstić information content (AvgIpc) is 2.24. The normalized spacial score (nSPS) is 30.6. The molecule has 3 nitrogen and oxygen atoms in total. The first-order valence-corrected chi connectivity index (χ1v) is 6.10. The van der Waals surface area contributed by atoms with Gasteiger partial charge in [0.2, 0.25) is 5.91 Å².